The number of rotatable bonds is 3. The van der Waals surface area contributed by atoms with E-state index in [9.17, 15) is 4.79 Å². The van der Waals surface area contributed by atoms with Gasteiger partial charge in [0.05, 0.1) is 31.4 Å². The van der Waals surface area contributed by atoms with E-state index in [-0.39, 0.29) is 12.0 Å². The fraction of sp³-hybridized carbons (Fsp3) is 0.556. The first kappa shape index (κ1) is 10.5. The van der Waals surface area contributed by atoms with Gasteiger partial charge < -0.3 is 14.8 Å². The van der Waals surface area contributed by atoms with Gasteiger partial charge in [-0.15, -0.1) is 11.3 Å². The van der Waals surface area contributed by atoms with Gasteiger partial charge >= 0.3 is 0 Å². The first-order chi connectivity index (χ1) is 7.36. The molecule has 0 aliphatic carbocycles. The fourth-order valence-corrected chi connectivity index (χ4v) is 1.81. The Kier molecular flexibility index (Phi) is 3.65. The van der Waals surface area contributed by atoms with Gasteiger partial charge in [0.15, 0.2) is 0 Å². The zero-order valence-corrected chi connectivity index (χ0v) is 8.96. The molecule has 1 aliphatic heterocycles. The number of hydrogen-bond acceptors (Lipinski definition) is 5. The van der Waals surface area contributed by atoms with Gasteiger partial charge in [-0.2, -0.15) is 0 Å². The molecule has 6 heteroatoms. The Morgan fingerprint density at radius 2 is 2.60 bits per heavy atom. The lowest BCUT2D eigenvalue weighted by Gasteiger charge is -2.22. The molecule has 0 spiro atoms. The number of ether oxygens (including phenoxy) is 2. The van der Waals surface area contributed by atoms with Crippen LogP contribution in [0.1, 0.15) is 10.5 Å². The van der Waals surface area contributed by atoms with Crippen molar-refractivity contribution < 1.29 is 14.3 Å². The van der Waals surface area contributed by atoms with Crippen LogP contribution in [0.25, 0.3) is 0 Å². The van der Waals surface area contributed by atoms with E-state index in [1.54, 1.807) is 10.9 Å². The third-order valence-electron chi connectivity index (χ3n) is 2.04. The molecule has 82 valence electrons. The first-order valence-corrected chi connectivity index (χ1v) is 5.66. The van der Waals surface area contributed by atoms with E-state index >= 15 is 0 Å². The summed E-state index contributed by atoms with van der Waals surface area (Å²) in [7, 11) is 0. The van der Waals surface area contributed by atoms with Gasteiger partial charge in [-0.1, -0.05) is 0 Å². The van der Waals surface area contributed by atoms with E-state index in [4.69, 9.17) is 9.47 Å². The lowest BCUT2D eigenvalue weighted by Crippen LogP contribution is -2.39. The van der Waals surface area contributed by atoms with Gasteiger partial charge in [-0.3, -0.25) is 4.79 Å². The highest BCUT2D eigenvalue weighted by Crippen LogP contribution is 2.02. The van der Waals surface area contributed by atoms with Crippen LogP contribution in [0, 0.1) is 0 Å². The van der Waals surface area contributed by atoms with Gasteiger partial charge in [0.25, 0.3) is 5.91 Å². The Morgan fingerprint density at radius 1 is 1.67 bits per heavy atom. The number of carbonyl (C=O) groups is 1. The molecule has 15 heavy (non-hydrogen) atoms. The molecule has 1 aromatic rings. The zero-order chi connectivity index (χ0) is 10.5. The maximum atomic E-state index is 11.5. The summed E-state index contributed by atoms with van der Waals surface area (Å²) in [6, 6.07) is 0. The number of nitrogens with zero attached hydrogens (tertiary/aromatic N) is 1. The standard InChI is InChI=1S/C9H12N2O3S/c12-9(8-5-15-6-11-8)10-3-7-4-13-1-2-14-7/h5-7H,1-4H2,(H,10,12). The van der Waals surface area contributed by atoms with Crippen molar-refractivity contribution in [1.82, 2.24) is 10.3 Å². The second-order valence-corrected chi connectivity index (χ2v) is 3.87. The van der Waals surface area contributed by atoms with Crippen molar-refractivity contribution in [3.63, 3.8) is 0 Å². The van der Waals surface area contributed by atoms with Crippen molar-refractivity contribution in [1.29, 1.82) is 0 Å². The highest BCUT2D eigenvalue weighted by atomic mass is 32.1. The summed E-state index contributed by atoms with van der Waals surface area (Å²) in [5.74, 6) is -0.162. The molecule has 1 aromatic heterocycles. The molecular weight excluding hydrogens is 216 g/mol. The Morgan fingerprint density at radius 3 is 3.27 bits per heavy atom. The molecular formula is C9H12N2O3S. The number of carbonyl (C=O) groups excluding carboxylic acids is 1. The molecule has 0 bridgehead atoms. The van der Waals surface area contributed by atoms with Crippen LogP contribution in [0.15, 0.2) is 10.9 Å². The second kappa shape index (κ2) is 5.20. The molecule has 0 aromatic carbocycles. The third-order valence-corrected chi connectivity index (χ3v) is 2.63. The molecule has 1 saturated heterocycles. The summed E-state index contributed by atoms with van der Waals surface area (Å²) >= 11 is 1.40. The topological polar surface area (TPSA) is 60.5 Å². The Hall–Kier alpha value is -0.980. The van der Waals surface area contributed by atoms with Crippen LogP contribution in [0.2, 0.25) is 0 Å². The van der Waals surface area contributed by atoms with E-state index in [2.05, 4.69) is 10.3 Å². The van der Waals surface area contributed by atoms with Crippen molar-refractivity contribution in [3.8, 4) is 0 Å². The summed E-state index contributed by atoms with van der Waals surface area (Å²) in [4.78, 5) is 15.4. The monoisotopic (exact) mass is 228 g/mol. The lowest BCUT2D eigenvalue weighted by molar-refractivity contribution is -0.0855. The third kappa shape index (κ3) is 2.98. The summed E-state index contributed by atoms with van der Waals surface area (Å²) in [6.45, 7) is 2.24. The quantitative estimate of drug-likeness (QED) is 0.807. The summed E-state index contributed by atoms with van der Waals surface area (Å²) in [6.07, 6.45) is -0.0404. The normalized spacial score (nSPS) is 21.2. The molecule has 0 saturated carbocycles. The molecule has 1 fully saturated rings. The lowest BCUT2D eigenvalue weighted by atomic mass is 10.3. The van der Waals surface area contributed by atoms with Gasteiger partial charge in [0.1, 0.15) is 5.69 Å². The molecule has 1 N–H and O–H groups in total. The molecule has 5 nitrogen and oxygen atoms in total. The Labute approximate surface area is 91.4 Å². The minimum atomic E-state index is -0.162. The highest BCUT2D eigenvalue weighted by Gasteiger charge is 2.16. The number of amides is 1. The first-order valence-electron chi connectivity index (χ1n) is 4.72. The van der Waals surface area contributed by atoms with Crippen molar-refractivity contribution in [2.24, 2.45) is 0 Å². The van der Waals surface area contributed by atoms with Crippen molar-refractivity contribution in [3.05, 3.63) is 16.6 Å². The molecule has 2 heterocycles. The number of aromatic nitrogens is 1. The zero-order valence-electron chi connectivity index (χ0n) is 8.14. The molecule has 1 atom stereocenters. The van der Waals surface area contributed by atoms with Gasteiger partial charge in [-0.25, -0.2) is 4.98 Å². The van der Waals surface area contributed by atoms with E-state index < -0.39 is 0 Å². The smallest absolute Gasteiger partial charge is 0.270 e. The van der Waals surface area contributed by atoms with Crippen LogP contribution >= 0.6 is 11.3 Å². The summed E-state index contributed by atoms with van der Waals surface area (Å²) in [5.41, 5.74) is 2.09. The molecule has 0 radical (unpaired) electrons. The van der Waals surface area contributed by atoms with E-state index in [1.807, 2.05) is 0 Å². The summed E-state index contributed by atoms with van der Waals surface area (Å²) < 4.78 is 10.6. The fourth-order valence-electron chi connectivity index (χ4n) is 1.28. The highest BCUT2D eigenvalue weighted by molar-refractivity contribution is 7.07. The van der Waals surface area contributed by atoms with Crippen LogP contribution in [-0.4, -0.2) is 43.4 Å². The number of thiazole rings is 1. The number of hydrogen-bond donors (Lipinski definition) is 1. The molecule has 1 aliphatic rings. The maximum absolute atomic E-state index is 11.5. The average molecular weight is 228 g/mol. The summed E-state index contributed by atoms with van der Waals surface area (Å²) in [5, 5.41) is 4.47. The largest absolute Gasteiger partial charge is 0.376 e. The van der Waals surface area contributed by atoms with E-state index in [0.29, 0.717) is 32.1 Å². The van der Waals surface area contributed by atoms with Crippen molar-refractivity contribution in [2.45, 2.75) is 6.10 Å². The molecule has 1 unspecified atom stereocenters. The van der Waals surface area contributed by atoms with Gasteiger partial charge in [0.2, 0.25) is 0 Å². The van der Waals surface area contributed by atoms with Crippen molar-refractivity contribution in [2.75, 3.05) is 26.4 Å². The molecule has 1 amide bonds. The Balaban J connectivity index is 1.75. The average Bonchev–Trinajstić information content (AvgIpc) is 2.81. The van der Waals surface area contributed by atoms with Gasteiger partial charge in [0, 0.05) is 11.9 Å². The van der Waals surface area contributed by atoms with Crippen LogP contribution in [0.4, 0.5) is 0 Å². The van der Waals surface area contributed by atoms with E-state index in [1.165, 1.54) is 11.3 Å². The molecule has 2 rings (SSSR count). The van der Waals surface area contributed by atoms with Crippen LogP contribution in [0.5, 0.6) is 0 Å². The Bertz CT molecular complexity index is 309. The van der Waals surface area contributed by atoms with Crippen LogP contribution in [-0.2, 0) is 9.47 Å². The van der Waals surface area contributed by atoms with E-state index in [0.717, 1.165) is 0 Å². The van der Waals surface area contributed by atoms with Crippen molar-refractivity contribution >= 4 is 17.2 Å². The minimum Gasteiger partial charge on any atom is -0.376 e. The predicted molar refractivity (Wildman–Crippen MR) is 55.0 cm³/mol. The maximum Gasteiger partial charge on any atom is 0.270 e. The van der Waals surface area contributed by atoms with Crippen LogP contribution < -0.4 is 5.32 Å². The second-order valence-electron chi connectivity index (χ2n) is 3.15. The minimum absolute atomic E-state index is 0.0404. The van der Waals surface area contributed by atoms with Crippen LogP contribution in [0.3, 0.4) is 0 Å². The SMILES string of the molecule is O=C(NCC1COCCO1)c1cscn1. The number of nitrogens with one attached hydrogen (secondary N) is 1. The predicted octanol–water partition coefficient (Wildman–Crippen LogP) is 0.288. The van der Waals surface area contributed by atoms with Gasteiger partial charge in [-0.05, 0) is 0 Å².